The van der Waals surface area contributed by atoms with Crippen LogP contribution in [0.3, 0.4) is 0 Å². The molecule has 0 radical (unpaired) electrons. The van der Waals surface area contributed by atoms with Crippen LogP contribution >= 0.6 is 11.6 Å². The summed E-state index contributed by atoms with van der Waals surface area (Å²) in [6, 6.07) is 1.69. The van der Waals surface area contributed by atoms with Crippen LogP contribution in [-0.4, -0.2) is 23.0 Å². The first-order valence-electron chi connectivity index (χ1n) is 4.78. The zero-order chi connectivity index (χ0) is 11.9. The van der Waals surface area contributed by atoms with Crippen LogP contribution in [0, 0.1) is 13.8 Å². The second kappa shape index (κ2) is 3.79. The molecule has 0 bridgehead atoms. The third-order valence-electron chi connectivity index (χ3n) is 2.65. The lowest BCUT2D eigenvalue weighted by Gasteiger charge is -2.00. The van der Waals surface area contributed by atoms with Crippen molar-refractivity contribution in [1.82, 2.24) is 9.97 Å². The first-order chi connectivity index (χ1) is 7.54. The zero-order valence-corrected chi connectivity index (χ0v) is 9.97. The molecular formula is C11H11ClN2O2. The van der Waals surface area contributed by atoms with Gasteiger partial charge in [-0.05, 0) is 25.5 Å². The Morgan fingerprint density at radius 2 is 2.19 bits per heavy atom. The van der Waals surface area contributed by atoms with Gasteiger partial charge < -0.3 is 9.72 Å². The number of hydrogen-bond acceptors (Lipinski definition) is 3. The number of carbonyl (C=O) groups excluding carboxylic acids is 1. The van der Waals surface area contributed by atoms with Gasteiger partial charge in [0, 0.05) is 11.1 Å². The van der Waals surface area contributed by atoms with E-state index in [0.29, 0.717) is 0 Å². The highest BCUT2D eigenvalue weighted by molar-refractivity contribution is 6.34. The number of aromatic amines is 1. The summed E-state index contributed by atoms with van der Waals surface area (Å²) in [5.74, 6) is -0.484. The van der Waals surface area contributed by atoms with Gasteiger partial charge in [0.15, 0.2) is 10.8 Å². The van der Waals surface area contributed by atoms with E-state index in [2.05, 4.69) is 14.7 Å². The highest BCUT2D eigenvalue weighted by Crippen LogP contribution is 2.27. The van der Waals surface area contributed by atoms with Crippen molar-refractivity contribution < 1.29 is 9.53 Å². The zero-order valence-electron chi connectivity index (χ0n) is 9.22. The van der Waals surface area contributed by atoms with Crippen LogP contribution < -0.4 is 0 Å². The van der Waals surface area contributed by atoms with Crippen molar-refractivity contribution in [2.24, 2.45) is 0 Å². The third kappa shape index (κ3) is 1.55. The molecule has 2 rings (SSSR count). The third-order valence-corrected chi connectivity index (χ3v) is 2.92. The quantitative estimate of drug-likeness (QED) is 0.614. The van der Waals surface area contributed by atoms with Crippen molar-refractivity contribution in [3.63, 3.8) is 0 Å². The molecule has 2 heterocycles. The number of methoxy groups -OCH3 is 1. The summed E-state index contributed by atoms with van der Waals surface area (Å²) in [4.78, 5) is 18.5. The summed E-state index contributed by atoms with van der Waals surface area (Å²) in [5, 5.41) is 1.19. The number of nitrogens with zero attached hydrogens (tertiary/aromatic N) is 1. The molecule has 0 aliphatic rings. The van der Waals surface area contributed by atoms with Crippen LogP contribution in [0.15, 0.2) is 6.07 Å². The second-order valence-electron chi connectivity index (χ2n) is 3.59. The lowest BCUT2D eigenvalue weighted by atomic mass is 10.1. The van der Waals surface area contributed by atoms with E-state index in [1.54, 1.807) is 6.07 Å². The van der Waals surface area contributed by atoms with Crippen LogP contribution in [0.2, 0.25) is 5.15 Å². The Balaban J connectivity index is 2.75. The molecule has 0 saturated heterocycles. The molecular weight excluding hydrogens is 228 g/mol. The van der Waals surface area contributed by atoms with Crippen molar-refractivity contribution in [1.29, 1.82) is 0 Å². The van der Waals surface area contributed by atoms with Crippen LogP contribution in [0.25, 0.3) is 10.9 Å². The average Bonchev–Trinajstić information content (AvgIpc) is 2.56. The van der Waals surface area contributed by atoms with Gasteiger partial charge >= 0.3 is 5.97 Å². The van der Waals surface area contributed by atoms with Gasteiger partial charge in [-0.25, -0.2) is 9.78 Å². The lowest BCUT2D eigenvalue weighted by molar-refractivity contribution is 0.0594. The van der Waals surface area contributed by atoms with Crippen molar-refractivity contribution in [3.8, 4) is 0 Å². The van der Waals surface area contributed by atoms with Gasteiger partial charge in [-0.2, -0.15) is 0 Å². The van der Waals surface area contributed by atoms with E-state index in [1.807, 2.05) is 13.8 Å². The maximum Gasteiger partial charge on any atom is 0.356 e. The Kier molecular flexibility index (Phi) is 2.59. The van der Waals surface area contributed by atoms with Gasteiger partial charge in [0.2, 0.25) is 0 Å². The Bertz CT molecular complexity index is 575. The molecule has 16 heavy (non-hydrogen) atoms. The minimum atomic E-state index is -0.484. The fourth-order valence-corrected chi connectivity index (χ4v) is 1.86. The van der Waals surface area contributed by atoms with Gasteiger partial charge in [0.1, 0.15) is 0 Å². The summed E-state index contributed by atoms with van der Waals surface area (Å²) in [6.07, 6.45) is 0. The van der Waals surface area contributed by atoms with Crippen molar-refractivity contribution >= 4 is 28.5 Å². The molecule has 0 saturated carbocycles. The smallest absolute Gasteiger partial charge is 0.356 e. The van der Waals surface area contributed by atoms with Crippen LogP contribution in [-0.2, 0) is 4.74 Å². The summed E-state index contributed by atoms with van der Waals surface area (Å²) < 4.78 is 4.62. The molecule has 2 aromatic rings. The minimum absolute atomic E-state index is 0.224. The number of carbonyl (C=O) groups is 1. The molecule has 0 aliphatic carbocycles. The molecule has 0 atom stereocenters. The van der Waals surface area contributed by atoms with E-state index in [9.17, 15) is 4.79 Å². The second-order valence-corrected chi connectivity index (χ2v) is 3.95. The topological polar surface area (TPSA) is 55.0 Å². The summed E-state index contributed by atoms with van der Waals surface area (Å²) >= 11 is 6.00. The summed E-state index contributed by atoms with van der Waals surface area (Å²) in [6.45, 7) is 3.91. The molecule has 84 valence electrons. The van der Waals surface area contributed by atoms with E-state index >= 15 is 0 Å². The Labute approximate surface area is 97.6 Å². The molecule has 4 nitrogen and oxygen atoms in total. The molecule has 0 fully saturated rings. The molecule has 0 aromatic carbocycles. The number of esters is 1. The predicted octanol–water partition coefficient (Wildman–Crippen LogP) is 2.62. The summed E-state index contributed by atoms with van der Waals surface area (Å²) in [7, 11) is 1.32. The van der Waals surface area contributed by atoms with Crippen molar-refractivity contribution in [3.05, 3.63) is 28.2 Å². The first kappa shape index (κ1) is 11.0. The molecule has 0 amide bonds. The number of nitrogens with one attached hydrogen (secondary N) is 1. The first-order valence-corrected chi connectivity index (χ1v) is 5.16. The monoisotopic (exact) mass is 238 g/mol. The number of hydrogen-bond donors (Lipinski definition) is 1. The van der Waals surface area contributed by atoms with Gasteiger partial charge in [0.05, 0.1) is 12.6 Å². The van der Waals surface area contributed by atoms with Gasteiger partial charge in [-0.3, -0.25) is 0 Å². The Morgan fingerprint density at radius 1 is 1.50 bits per heavy atom. The molecule has 0 unspecified atom stereocenters. The Morgan fingerprint density at radius 3 is 2.81 bits per heavy atom. The number of rotatable bonds is 1. The van der Waals surface area contributed by atoms with Gasteiger partial charge in [-0.15, -0.1) is 0 Å². The molecule has 2 aromatic heterocycles. The maximum atomic E-state index is 11.4. The predicted molar refractivity (Wildman–Crippen MR) is 61.9 cm³/mol. The molecule has 1 N–H and O–H groups in total. The normalized spacial score (nSPS) is 10.8. The van der Waals surface area contributed by atoms with E-state index in [4.69, 9.17) is 11.6 Å². The number of fused-ring (bicyclic) bond motifs is 1. The van der Waals surface area contributed by atoms with E-state index in [-0.39, 0.29) is 10.8 Å². The summed E-state index contributed by atoms with van der Waals surface area (Å²) in [5.41, 5.74) is 3.05. The highest BCUT2D eigenvalue weighted by atomic mass is 35.5. The lowest BCUT2D eigenvalue weighted by Crippen LogP contribution is -2.04. The number of aromatic nitrogens is 2. The van der Waals surface area contributed by atoms with Crippen LogP contribution in [0.5, 0.6) is 0 Å². The number of aryl methyl sites for hydroxylation is 2. The number of pyridine rings is 1. The largest absolute Gasteiger partial charge is 0.464 e. The molecule has 5 heteroatoms. The number of ether oxygens (including phenoxy) is 1. The van der Waals surface area contributed by atoms with Crippen molar-refractivity contribution in [2.75, 3.05) is 7.11 Å². The van der Waals surface area contributed by atoms with E-state index in [1.165, 1.54) is 7.11 Å². The number of H-pyrrole nitrogens is 1. The minimum Gasteiger partial charge on any atom is -0.464 e. The van der Waals surface area contributed by atoms with E-state index < -0.39 is 5.97 Å². The maximum absolute atomic E-state index is 11.4. The number of halogens is 1. The van der Waals surface area contributed by atoms with Gasteiger partial charge in [0.25, 0.3) is 0 Å². The van der Waals surface area contributed by atoms with Crippen LogP contribution in [0.4, 0.5) is 0 Å². The highest BCUT2D eigenvalue weighted by Gasteiger charge is 2.14. The average molecular weight is 239 g/mol. The standard InChI is InChI=1S/C11H11ClN2O2/c1-5-6(2)13-9-7(5)4-8(11(15)16-3)14-10(9)12/h4,13H,1-3H3. The van der Waals surface area contributed by atoms with E-state index in [0.717, 1.165) is 22.2 Å². The van der Waals surface area contributed by atoms with Crippen LogP contribution in [0.1, 0.15) is 21.7 Å². The molecule has 0 aliphatic heterocycles. The van der Waals surface area contributed by atoms with Crippen molar-refractivity contribution in [2.45, 2.75) is 13.8 Å². The van der Waals surface area contributed by atoms with Gasteiger partial charge in [-0.1, -0.05) is 11.6 Å². The molecule has 0 spiro atoms. The Hall–Kier alpha value is -1.55. The fraction of sp³-hybridized carbons (Fsp3) is 0.273. The fourth-order valence-electron chi connectivity index (χ4n) is 1.62. The SMILES string of the molecule is COC(=O)c1cc2c(C)c(C)[nH]c2c(Cl)n1.